The number of carboxylic acids is 1. The lowest BCUT2D eigenvalue weighted by Crippen LogP contribution is -2.50. The third kappa shape index (κ3) is 10.4. The van der Waals surface area contributed by atoms with Gasteiger partial charge in [0.1, 0.15) is 6.10 Å². The number of carbonyl (C=O) groups is 2. The molecule has 36 heavy (non-hydrogen) atoms. The van der Waals surface area contributed by atoms with Crippen LogP contribution in [-0.2, 0) is 23.8 Å². The molecule has 2 aliphatic rings. The third-order valence-electron chi connectivity index (χ3n) is 7.12. The predicted octanol–water partition coefficient (Wildman–Crippen LogP) is 1.56. The summed E-state index contributed by atoms with van der Waals surface area (Å²) in [6.45, 7) is 3.79. The van der Waals surface area contributed by atoms with Crippen LogP contribution >= 0.6 is 0 Å². The monoisotopic (exact) mass is 516 g/mol. The van der Waals surface area contributed by atoms with Crippen LogP contribution in [0.4, 0.5) is 0 Å². The van der Waals surface area contributed by atoms with E-state index in [1.807, 2.05) is 0 Å². The number of hydrogen-bond donors (Lipinski definition) is 5. The molecule has 0 aromatic carbocycles. The van der Waals surface area contributed by atoms with Crippen LogP contribution in [-0.4, -0.2) is 93.9 Å². The van der Waals surface area contributed by atoms with Crippen LogP contribution in [0.1, 0.15) is 71.6 Å². The second kappa shape index (κ2) is 15.6. The fraction of sp³-hybridized carbons (Fsp3) is 0.846. The maximum atomic E-state index is 12.1. The molecule has 208 valence electrons. The fourth-order valence-electron chi connectivity index (χ4n) is 4.70. The van der Waals surface area contributed by atoms with Gasteiger partial charge in [-0.15, -0.1) is 0 Å². The maximum absolute atomic E-state index is 12.1. The van der Waals surface area contributed by atoms with Crippen molar-refractivity contribution in [2.45, 2.75) is 108 Å². The summed E-state index contributed by atoms with van der Waals surface area (Å²) in [4.78, 5) is 22.5. The molecule has 5 N–H and O–H groups in total. The molecule has 0 unspecified atom stereocenters. The molecule has 8 atom stereocenters. The minimum absolute atomic E-state index is 0.151. The van der Waals surface area contributed by atoms with Gasteiger partial charge in [0.15, 0.2) is 0 Å². The first-order valence-corrected chi connectivity index (χ1v) is 13.1. The molecule has 0 bridgehead atoms. The Morgan fingerprint density at radius 2 is 1.72 bits per heavy atom. The average Bonchev–Trinajstić information content (AvgIpc) is 3.60. The molecule has 0 spiro atoms. The normalized spacial score (nSPS) is 30.0. The summed E-state index contributed by atoms with van der Waals surface area (Å²) in [5, 5.41) is 48.6. The lowest BCUT2D eigenvalue weighted by Gasteiger charge is -2.38. The highest BCUT2D eigenvalue weighted by Gasteiger charge is 2.48. The molecule has 0 aromatic rings. The topological polar surface area (TPSA) is 166 Å². The first-order chi connectivity index (χ1) is 17.1. The van der Waals surface area contributed by atoms with Crippen LogP contribution in [0.25, 0.3) is 0 Å². The Labute approximate surface area is 213 Å². The summed E-state index contributed by atoms with van der Waals surface area (Å²) in [6, 6.07) is 0. The van der Waals surface area contributed by atoms with Gasteiger partial charge in [-0.2, -0.15) is 0 Å². The van der Waals surface area contributed by atoms with Crippen molar-refractivity contribution in [1.82, 2.24) is 0 Å². The van der Waals surface area contributed by atoms with Crippen LogP contribution in [0.2, 0.25) is 0 Å². The summed E-state index contributed by atoms with van der Waals surface area (Å²) in [6.07, 6.45) is 3.64. The van der Waals surface area contributed by atoms with Gasteiger partial charge in [0.25, 0.3) is 0 Å². The van der Waals surface area contributed by atoms with Gasteiger partial charge in [-0.3, -0.25) is 4.79 Å². The van der Waals surface area contributed by atoms with Crippen molar-refractivity contribution in [3.63, 3.8) is 0 Å². The minimum atomic E-state index is -1.10. The first-order valence-electron chi connectivity index (χ1n) is 13.1. The van der Waals surface area contributed by atoms with Crippen molar-refractivity contribution in [2.75, 3.05) is 19.8 Å². The SMILES string of the molecule is C/C(=C\C(=O)OCCCCCCCCC(=O)O)C[C@@H]1OC[C@H](C[C@@H]2O[C@H]2[C@@H](C)[C@@H](O)CO)[C@@H](O)[C@H]1O. The molecule has 10 nitrogen and oxygen atoms in total. The molecule has 0 aliphatic carbocycles. The van der Waals surface area contributed by atoms with Crippen LogP contribution < -0.4 is 0 Å². The zero-order valence-electron chi connectivity index (χ0n) is 21.5. The number of aliphatic hydroxyl groups excluding tert-OH is 4. The lowest BCUT2D eigenvalue weighted by molar-refractivity contribution is -0.165. The average molecular weight is 517 g/mol. The summed E-state index contributed by atoms with van der Waals surface area (Å²) >= 11 is 0. The molecule has 2 aliphatic heterocycles. The van der Waals surface area contributed by atoms with Gasteiger partial charge < -0.3 is 39.7 Å². The second-order valence-electron chi connectivity index (χ2n) is 10.2. The van der Waals surface area contributed by atoms with Crippen molar-refractivity contribution in [1.29, 1.82) is 0 Å². The van der Waals surface area contributed by atoms with Gasteiger partial charge in [0.2, 0.25) is 0 Å². The Balaban J connectivity index is 1.62. The summed E-state index contributed by atoms with van der Waals surface area (Å²) in [5.74, 6) is -1.74. The highest BCUT2D eigenvalue weighted by Crippen LogP contribution is 2.38. The number of esters is 1. The molecule has 2 heterocycles. The smallest absolute Gasteiger partial charge is 0.330 e. The van der Waals surface area contributed by atoms with E-state index in [4.69, 9.17) is 24.4 Å². The van der Waals surface area contributed by atoms with Crippen LogP contribution in [0.3, 0.4) is 0 Å². The van der Waals surface area contributed by atoms with E-state index < -0.39 is 36.4 Å². The van der Waals surface area contributed by atoms with Crippen molar-refractivity contribution < 1.29 is 49.3 Å². The molecule has 2 saturated heterocycles. The maximum Gasteiger partial charge on any atom is 0.330 e. The number of aliphatic carboxylic acids is 1. The van der Waals surface area contributed by atoms with Crippen molar-refractivity contribution in [3.8, 4) is 0 Å². The van der Waals surface area contributed by atoms with Crippen LogP contribution in [0.5, 0.6) is 0 Å². The number of carboxylic acid groups (broad SMARTS) is 1. The summed E-state index contributed by atoms with van der Waals surface area (Å²) in [7, 11) is 0. The fourth-order valence-corrected chi connectivity index (χ4v) is 4.70. The van der Waals surface area contributed by atoms with Gasteiger partial charge in [-0.05, 0) is 32.6 Å². The molecule has 0 radical (unpaired) electrons. The largest absolute Gasteiger partial charge is 0.481 e. The van der Waals surface area contributed by atoms with E-state index in [0.717, 1.165) is 32.1 Å². The molecule has 2 rings (SSSR count). The summed E-state index contributed by atoms with van der Waals surface area (Å²) < 4.78 is 16.6. The molecule has 2 fully saturated rings. The van der Waals surface area contributed by atoms with Crippen molar-refractivity contribution in [2.24, 2.45) is 11.8 Å². The van der Waals surface area contributed by atoms with Gasteiger partial charge >= 0.3 is 11.9 Å². The molecule has 0 amide bonds. The van der Waals surface area contributed by atoms with E-state index >= 15 is 0 Å². The zero-order valence-corrected chi connectivity index (χ0v) is 21.5. The van der Waals surface area contributed by atoms with E-state index in [1.165, 1.54) is 6.08 Å². The van der Waals surface area contributed by atoms with Gasteiger partial charge in [-0.1, -0.05) is 38.2 Å². The van der Waals surface area contributed by atoms with Gasteiger partial charge in [0, 0.05) is 24.3 Å². The first kappa shape index (κ1) is 30.7. The third-order valence-corrected chi connectivity index (χ3v) is 7.12. The second-order valence-corrected chi connectivity index (χ2v) is 10.2. The van der Waals surface area contributed by atoms with Crippen LogP contribution in [0.15, 0.2) is 11.6 Å². The highest BCUT2D eigenvalue weighted by atomic mass is 16.6. The van der Waals surface area contributed by atoms with E-state index in [9.17, 15) is 24.9 Å². The number of aliphatic hydroxyl groups is 4. The quantitative estimate of drug-likeness (QED) is 0.0828. The molecular weight excluding hydrogens is 472 g/mol. The van der Waals surface area contributed by atoms with Crippen molar-refractivity contribution in [3.05, 3.63) is 11.6 Å². The Morgan fingerprint density at radius 1 is 1.06 bits per heavy atom. The Bertz CT molecular complexity index is 711. The number of ether oxygens (including phenoxy) is 3. The Kier molecular flexibility index (Phi) is 13.3. The molecule has 0 saturated carbocycles. The summed E-state index contributed by atoms with van der Waals surface area (Å²) in [5.41, 5.74) is 0.686. The molecule has 0 aromatic heterocycles. The van der Waals surface area contributed by atoms with Crippen LogP contribution in [0, 0.1) is 11.8 Å². The lowest BCUT2D eigenvalue weighted by atomic mass is 9.85. The van der Waals surface area contributed by atoms with E-state index in [0.29, 0.717) is 31.4 Å². The number of carbonyl (C=O) groups excluding carboxylic acids is 1. The number of rotatable bonds is 17. The number of hydrogen-bond acceptors (Lipinski definition) is 9. The number of unbranched alkanes of at least 4 members (excludes halogenated alkanes) is 5. The van der Waals surface area contributed by atoms with Crippen molar-refractivity contribution >= 4 is 11.9 Å². The molecular formula is C26H44O10. The van der Waals surface area contributed by atoms with E-state index in [2.05, 4.69) is 0 Å². The predicted molar refractivity (Wildman–Crippen MR) is 130 cm³/mol. The Morgan fingerprint density at radius 3 is 2.39 bits per heavy atom. The van der Waals surface area contributed by atoms with Gasteiger partial charge in [0.05, 0.1) is 50.3 Å². The standard InChI is InChI=1S/C26H44O10/c1-16(12-23(31)34-10-8-6-4-3-5-7-9-22(29)30)11-20-25(33)24(32)18(15-35-20)13-21-26(36-21)17(2)19(28)14-27/h12,17-21,24-28,32-33H,3-11,13-15H2,1-2H3,(H,29,30)/b16-12+/t17-,18-,19-,20-,21-,24+,25-,26-/m0/s1. The van der Waals surface area contributed by atoms with E-state index in [1.54, 1.807) is 13.8 Å². The Hall–Kier alpha value is -1.56. The number of epoxide rings is 1. The highest BCUT2D eigenvalue weighted by molar-refractivity contribution is 5.82. The molecule has 10 heteroatoms. The zero-order chi connectivity index (χ0) is 26.7. The van der Waals surface area contributed by atoms with Gasteiger partial charge in [-0.25, -0.2) is 4.79 Å². The van der Waals surface area contributed by atoms with E-state index in [-0.39, 0.29) is 43.7 Å². The minimum Gasteiger partial charge on any atom is -0.481 e.